The number of nitrogens with zero attached hydrogens (tertiary/aromatic N) is 2. The van der Waals surface area contributed by atoms with Crippen molar-refractivity contribution in [2.45, 2.75) is 24.9 Å². The van der Waals surface area contributed by atoms with Crippen molar-refractivity contribution in [1.82, 2.24) is 4.98 Å². The highest BCUT2D eigenvalue weighted by Gasteiger charge is 2.72. The number of amides is 1. The molecule has 28 heavy (non-hydrogen) atoms. The second-order valence-electron chi connectivity index (χ2n) is 7.86. The zero-order chi connectivity index (χ0) is 19.2. The molecular weight excluding hydrogens is 378 g/mol. The van der Waals surface area contributed by atoms with Crippen molar-refractivity contribution in [1.29, 1.82) is 0 Å². The first-order chi connectivity index (χ1) is 13.6. The number of aromatic nitrogens is 1. The van der Waals surface area contributed by atoms with Gasteiger partial charge in [0.05, 0.1) is 36.1 Å². The van der Waals surface area contributed by atoms with Crippen LogP contribution in [-0.4, -0.2) is 49.9 Å². The molecule has 0 unspecified atom stereocenters. The largest absolute Gasteiger partial charge is 0.445 e. The standard InChI is InChI=1S/C20H23N3O4S/c1-25-20-11-19(12-20,13-20)18(24)22-14-8-17(28-10-14)27-15-2-3-16(21-9-15)23-4-6-26-7-5-23/h2-3,8-10H,4-7,11-13H2,1H3,(H,22,24). The normalized spacial score (nSPS) is 28.2. The second kappa shape index (κ2) is 6.72. The van der Waals surface area contributed by atoms with Crippen molar-refractivity contribution in [3.63, 3.8) is 0 Å². The molecule has 1 aliphatic heterocycles. The minimum atomic E-state index is -0.224. The number of methoxy groups -OCH3 is 1. The maximum Gasteiger partial charge on any atom is 0.230 e. The van der Waals surface area contributed by atoms with Crippen LogP contribution in [0.25, 0.3) is 0 Å². The Morgan fingerprint density at radius 1 is 1.29 bits per heavy atom. The van der Waals surface area contributed by atoms with Crippen LogP contribution in [0.2, 0.25) is 0 Å². The highest BCUT2D eigenvalue weighted by atomic mass is 32.1. The molecular formula is C20H23N3O4S. The van der Waals surface area contributed by atoms with Gasteiger partial charge in [-0.05, 0) is 31.4 Å². The lowest BCUT2D eigenvalue weighted by Gasteiger charge is -2.67. The minimum absolute atomic E-state index is 0.0271. The predicted molar refractivity (Wildman–Crippen MR) is 106 cm³/mol. The fourth-order valence-electron chi connectivity index (χ4n) is 4.38. The van der Waals surface area contributed by atoms with Gasteiger partial charge in [0.1, 0.15) is 11.6 Å². The Morgan fingerprint density at radius 2 is 2.07 bits per heavy atom. The molecule has 0 spiro atoms. The van der Waals surface area contributed by atoms with E-state index < -0.39 is 0 Å². The van der Waals surface area contributed by atoms with Crippen LogP contribution < -0.4 is 15.0 Å². The number of hydrogen-bond acceptors (Lipinski definition) is 7. The highest BCUT2D eigenvalue weighted by Crippen LogP contribution is 2.69. The van der Waals surface area contributed by atoms with Crippen molar-refractivity contribution in [2.75, 3.05) is 43.6 Å². The summed E-state index contributed by atoms with van der Waals surface area (Å²) in [4.78, 5) is 19.2. The van der Waals surface area contributed by atoms with Gasteiger partial charge in [0.2, 0.25) is 5.91 Å². The van der Waals surface area contributed by atoms with Crippen LogP contribution in [0.5, 0.6) is 10.8 Å². The lowest BCUT2D eigenvalue weighted by atomic mass is 9.40. The van der Waals surface area contributed by atoms with E-state index in [2.05, 4.69) is 15.2 Å². The average Bonchev–Trinajstić information content (AvgIpc) is 3.08. The third-order valence-corrected chi connectivity index (χ3v) is 6.81. The van der Waals surface area contributed by atoms with Crippen molar-refractivity contribution >= 4 is 28.7 Å². The fraction of sp³-hybridized carbons (Fsp3) is 0.500. The van der Waals surface area contributed by atoms with Crippen molar-refractivity contribution in [2.24, 2.45) is 5.41 Å². The topological polar surface area (TPSA) is 72.9 Å². The number of pyridine rings is 1. The average molecular weight is 401 g/mol. The molecule has 0 radical (unpaired) electrons. The zero-order valence-corrected chi connectivity index (χ0v) is 16.6. The van der Waals surface area contributed by atoms with E-state index >= 15 is 0 Å². The van der Waals surface area contributed by atoms with Crippen LogP contribution in [0.1, 0.15) is 19.3 Å². The van der Waals surface area contributed by atoms with Gasteiger partial charge in [-0.2, -0.15) is 0 Å². The number of nitrogens with one attached hydrogen (secondary N) is 1. The Morgan fingerprint density at radius 3 is 2.75 bits per heavy atom. The molecule has 4 aliphatic rings. The molecule has 3 aliphatic carbocycles. The van der Waals surface area contributed by atoms with Crippen molar-refractivity contribution < 1.29 is 19.0 Å². The Hall–Kier alpha value is -2.16. The summed E-state index contributed by atoms with van der Waals surface area (Å²) < 4.78 is 16.7. The number of hydrogen-bond donors (Lipinski definition) is 1. The summed E-state index contributed by atoms with van der Waals surface area (Å²) in [5.74, 6) is 1.70. The van der Waals surface area contributed by atoms with E-state index in [9.17, 15) is 4.79 Å². The number of rotatable bonds is 6. The summed E-state index contributed by atoms with van der Waals surface area (Å²) in [7, 11) is 1.73. The van der Waals surface area contributed by atoms with Crippen LogP contribution in [0.3, 0.4) is 0 Å². The number of ether oxygens (including phenoxy) is 3. The van der Waals surface area contributed by atoms with E-state index in [1.54, 1.807) is 13.3 Å². The second-order valence-corrected chi connectivity index (χ2v) is 8.73. The van der Waals surface area contributed by atoms with Gasteiger partial charge in [0.15, 0.2) is 5.06 Å². The molecule has 3 saturated carbocycles. The Balaban J connectivity index is 1.17. The highest BCUT2D eigenvalue weighted by molar-refractivity contribution is 7.12. The maximum atomic E-state index is 12.5. The lowest BCUT2D eigenvalue weighted by Crippen LogP contribution is -2.72. The lowest BCUT2D eigenvalue weighted by molar-refractivity contribution is -0.260. The molecule has 4 fully saturated rings. The zero-order valence-electron chi connectivity index (χ0n) is 15.8. The third kappa shape index (κ3) is 3.05. The van der Waals surface area contributed by atoms with E-state index in [1.807, 2.05) is 23.6 Å². The van der Waals surface area contributed by atoms with Crippen molar-refractivity contribution in [3.8, 4) is 10.8 Å². The molecule has 1 amide bonds. The summed E-state index contributed by atoms with van der Waals surface area (Å²) >= 11 is 1.46. The van der Waals surface area contributed by atoms with Gasteiger partial charge < -0.3 is 24.4 Å². The van der Waals surface area contributed by atoms with Crippen LogP contribution >= 0.6 is 11.3 Å². The summed E-state index contributed by atoms with van der Waals surface area (Å²) in [5, 5.41) is 5.65. The quantitative estimate of drug-likeness (QED) is 0.801. The number of carbonyl (C=O) groups excluding carboxylic acids is 1. The SMILES string of the molecule is COC12CC(C(=O)Nc3csc(Oc4ccc(N5CCOCC5)nc4)c3)(C1)C2. The smallest absolute Gasteiger partial charge is 0.230 e. The fourth-order valence-corrected chi connectivity index (χ4v) is 5.09. The number of morpholine rings is 1. The molecule has 0 atom stereocenters. The molecule has 0 aromatic carbocycles. The van der Waals surface area contributed by atoms with Gasteiger partial charge in [0, 0.05) is 31.6 Å². The molecule has 2 aromatic rings. The molecule has 2 bridgehead atoms. The first-order valence-electron chi connectivity index (χ1n) is 9.52. The van der Waals surface area contributed by atoms with E-state index in [-0.39, 0.29) is 16.9 Å². The molecule has 1 N–H and O–H groups in total. The van der Waals surface area contributed by atoms with Crippen LogP contribution in [-0.2, 0) is 14.3 Å². The minimum Gasteiger partial charge on any atom is -0.445 e. The molecule has 1 saturated heterocycles. The van der Waals surface area contributed by atoms with Crippen molar-refractivity contribution in [3.05, 3.63) is 29.8 Å². The van der Waals surface area contributed by atoms with E-state index in [4.69, 9.17) is 14.2 Å². The van der Waals surface area contributed by atoms with Gasteiger partial charge in [-0.3, -0.25) is 4.79 Å². The Bertz CT molecular complexity index is 856. The molecule has 148 valence electrons. The first kappa shape index (κ1) is 17.9. The summed E-state index contributed by atoms with van der Waals surface area (Å²) in [6.45, 7) is 3.18. The monoisotopic (exact) mass is 401 g/mol. The summed E-state index contributed by atoms with van der Waals surface area (Å²) in [6.07, 6.45) is 4.22. The van der Waals surface area contributed by atoms with Crippen LogP contribution in [0.4, 0.5) is 11.5 Å². The van der Waals surface area contributed by atoms with E-state index in [0.717, 1.165) is 62.1 Å². The van der Waals surface area contributed by atoms with Gasteiger partial charge in [-0.15, -0.1) is 11.3 Å². The first-order valence-corrected chi connectivity index (χ1v) is 10.4. The molecule has 7 nitrogen and oxygen atoms in total. The summed E-state index contributed by atoms with van der Waals surface area (Å²) in [5.41, 5.74) is 0.526. The summed E-state index contributed by atoms with van der Waals surface area (Å²) in [6, 6.07) is 5.74. The molecule has 8 heteroatoms. The van der Waals surface area contributed by atoms with Crippen LogP contribution in [0, 0.1) is 5.41 Å². The number of thiophene rings is 1. The van der Waals surface area contributed by atoms with Gasteiger partial charge in [-0.1, -0.05) is 0 Å². The molecule has 3 heterocycles. The molecule has 6 rings (SSSR count). The Kier molecular flexibility index (Phi) is 4.30. The van der Waals surface area contributed by atoms with Gasteiger partial charge >= 0.3 is 0 Å². The van der Waals surface area contributed by atoms with Crippen LogP contribution in [0.15, 0.2) is 29.8 Å². The van der Waals surface area contributed by atoms with E-state index in [1.165, 1.54) is 11.3 Å². The number of anilines is 2. The maximum absolute atomic E-state index is 12.5. The third-order valence-electron chi connectivity index (χ3n) is 6.00. The van der Waals surface area contributed by atoms with Gasteiger partial charge in [0.25, 0.3) is 0 Å². The van der Waals surface area contributed by atoms with E-state index in [0.29, 0.717) is 5.75 Å². The van der Waals surface area contributed by atoms with Gasteiger partial charge in [-0.25, -0.2) is 4.98 Å². The predicted octanol–water partition coefficient (Wildman–Crippen LogP) is 3.28. The molecule has 2 aromatic heterocycles. The number of carbonyl (C=O) groups is 1. The Labute approximate surface area is 167 Å².